The number of hydrogen-bond acceptors (Lipinski definition) is 3. The number of carbonyl (C=O) groups is 1. The molecule has 2 rings (SSSR count). The van der Waals surface area contributed by atoms with Crippen LogP contribution in [0, 0.1) is 6.92 Å². The van der Waals surface area contributed by atoms with Gasteiger partial charge in [0.2, 0.25) is 0 Å². The van der Waals surface area contributed by atoms with Crippen molar-refractivity contribution in [1.29, 1.82) is 0 Å². The molecule has 4 nitrogen and oxygen atoms in total. The van der Waals surface area contributed by atoms with Crippen molar-refractivity contribution in [3.8, 4) is 0 Å². The zero-order valence-corrected chi connectivity index (χ0v) is 10.4. The lowest BCUT2D eigenvalue weighted by Gasteiger charge is -2.23. The number of carboxylic acid groups (broad SMARTS) is 1. The Balaban J connectivity index is 2.42. The molecule has 0 saturated carbocycles. The summed E-state index contributed by atoms with van der Waals surface area (Å²) in [6.45, 7) is 3.55. The Morgan fingerprint density at radius 2 is 2.35 bits per heavy atom. The van der Waals surface area contributed by atoms with Crippen molar-refractivity contribution >= 4 is 28.9 Å². The van der Waals surface area contributed by atoms with Crippen molar-refractivity contribution in [1.82, 2.24) is 0 Å². The summed E-state index contributed by atoms with van der Waals surface area (Å²) in [5.41, 5.74) is 2.85. The molecule has 0 bridgehead atoms. The molecule has 1 aromatic rings. The summed E-state index contributed by atoms with van der Waals surface area (Å²) < 4.78 is 0. The van der Waals surface area contributed by atoms with Crippen LogP contribution < -0.4 is 10.2 Å². The minimum Gasteiger partial charge on any atom is -0.480 e. The molecule has 2 N–H and O–H groups in total. The second-order valence-corrected chi connectivity index (χ2v) is 4.57. The molecule has 0 aromatic heterocycles. The molecule has 0 fully saturated rings. The molecule has 1 aliphatic heterocycles. The second kappa shape index (κ2) is 4.84. The number of hydrogen-bond donors (Lipinski definition) is 2. The minimum atomic E-state index is -0.814. The van der Waals surface area contributed by atoms with Crippen LogP contribution in [0.4, 0.5) is 11.4 Å². The number of aliphatic carboxylic acids is 1. The number of carboxylic acids is 1. The van der Waals surface area contributed by atoms with Crippen LogP contribution in [0.15, 0.2) is 12.1 Å². The van der Waals surface area contributed by atoms with Gasteiger partial charge >= 0.3 is 5.97 Å². The molecule has 1 aromatic carbocycles. The van der Waals surface area contributed by atoms with Crippen LogP contribution >= 0.6 is 11.6 Å². The molecule has 0 unspecified atom stereocenters. The highest BCUT2D eigenvalue weighted by molar-refractivity contribution is 6.32. The SMILES string of the molecule is Cc1c(Cl)ccc2c1NCCCN2CC(=O)O. The van der Waals surface area contributed by atoms with Crippen molar-refractivity contribution in [3.63, 3.8) is 0 Å². The van der Waals surface area contributed by atoms with Crippen LogP contribution in [0.1, 0.15) is 12.0 Å². The first-order chi connectivity index (χ1) is 8.09. The van der Waals surface area contributed by atoms with Gasteiger partial charge in [0.1, 0.15) is 6.54 Å². The van der Waals surface area contributed by atoms with E-state index in [1.54, 1.807) is 0 Å². The summed E-state index contributed by atoms with van der Waals surface area (Å²) >= 11 is 6.08. The van der Waals surface area contributed by atoms with Gasteiger partial charge in [-0.15, -0.1) is 0 Å². The van der Waals surface area contributed by atoms with E-state index < -0.39 is 5.97 Å². The predicted molar refractivity (Wildman–Crippen MR) is 69.1 cm³/mol. The predicted octanol–water partition coefficient (Wildman–Crippen LogP) is 2.36. The van der Waals surface area contributed by atoms with Gasteiger partial charge in [-0.05, 0) is 31.0 Å². The number of rotatable bonds is 2. The van der Waals surface area contributed by atoms with E-state index in [4.69, 9.17) is 16.7 Å². The van der Waals surface area contributed by atoms with Gasteiger partial charge in [0.15, 0.2) is 0 Å². The molecule has 0 atom stereocenters. The molecular weight excluding hydrogens is 240 g/mol. The van der Waals surface area contributed by atoms with Crippen molar-refractivity contribution in [2.75, 3.05) is 29.9 Å². The standard InChI is InChI=1S/C12H15ClN2O2/c1-8-9(13)3-4-10-12(8)14-5-2-6-15(10)7-11(16)17/h3-4,14H,2,5-7H2,1H3,(H,16,17). The van der Waals surface area contributed by atoms with Crippen LogP contribution in [0.5, 0.6) is 0 Å². The third kappa shape index (κ3) is 2.47. The van der Waals surface area contributed by atoms with Crippen molar-refractivity contribution < 1.29 is 9.90 Å². The fraction of sp³-hybridized carbons (Fsp3) is 0.417. The smallest absolute Gasteiger partial charge is 0.323 e. The van der Waals surface area contributed by atoms with E-state index in [2.05, 4.69) is 5.32 Å². The molecule has 5 heteroatoms. The van der Waals surface area contributed by atoms with E-state index >= 15 is 0 Å². The Morgan fingerprint density at radius 3 is 3.06 bits per heavy atom. The average Bonchev–Trinajstić information content (AvgIpc) is 2.46. The van der Waals surface area contributed by atoms with E-state index in [9.17, 15) is 4.79 Å². The highest BCUT2D eigenvalue weighted by atomic mass is 35.5. The Morgan fingerprint density at radius 1 is 1.59 bits per heavy atom. The van der Waals surface area contributed by atoms with Gasteiger partial charge in [-0.25, -0.2) is 0 Å². The topological polar surface area (TPSA) is 52.6 Å². The zero-order valence-electron chi connectivity index (χ0n) is 9.66. The molecule has 0 spiro atoms. The van der Waals surface area contributed by atoms with Gasteiger partial charge in [-0.3, -0.25) is 4.79 Å². The maximum absolute atomic E-state index is 10.9. The second-order valence-electron chi connectivity index (χ2n) is 4.16. The summed E-state index contributed by atoms with van der Waals surface area (Å²) in [4.78, 5) is 12.7. The van der Waals surface area contributed by atoms with Gasteiger partial charge in [0.05, 0.1) is 11.4 Å². The molecule has 92 valence electrons. The van der Waals surface area contributed by atoms with Gasteiger partial charge in [0.25, 0.3) is 0 Å². The maximum Gasteiger partial charge on any atom is 0.323 e. The monoisotopic (exact) mass is 254 g/mol. The fourth-order valence-corrected chi connectivity index (χ4v) is 2.25. The van der Waals surface area contributed by atoms with Crippen molar-refractivity contribution in [3.05, 3.63) is 22.7 Å². The normalized spacial score (nSPS) is 14.8. The average molecular weight is 255 g/mol. The first-order valence-electron chi connectivity index (χ1n) is 5.59. The lowest BCUT2D eigenvalue weighted by Crippen LogP contribution is -2.30. The number of nitrogens with one attached hydrogen (secondary N) is 1. The number of anilines is 2. The van der Waals surface area contributed by atoms with Gasteiger partial charge in [-0.1, -0.05) is 11.6 Å². The van der Waals surface area contributed by atoms with Crippen LogP contribution in [0.25, 0.3) is 0 Å². The van der Waals surface area contributed by atoms with E-state index in [-0.39, 0.29) is 6.54 Å². The Labute approximate surface area is 105 Å². The largest absolute Gasteiger partial charge is 0.480 e. The quantitative estimate of drug-likeness (QED) is 0.851. The van der Waals surface area contributed by atoms with Gasteiger partial charge < -0.3 is 15.3 Å². The van der Waals surface area contributed by atoms with E-state index in [1.165, 1.54) is 0 Å². The third-order valence-electron chi connectivity index (χ3n) is 2.95. The number of benzene rings is 1. The lowest BCUT2D eigenvalue weighted by atomic mass is 10.1. The first kappa shape index (κ1) is 12.0. The molecule has 1 heterocycles. The lowest BCUT2D eigenvalue weighted by molar-refractivity contribution is -0.135. The fourth-order valence-electron chi connectivity index (χ4n) is 2.09. The Hall–Kier alpha value is -1.42. The minimum absolute atomic E-state index is 0.0236. The van der Waals surface area contributed by atoms with Crippen LogP contribution in [-0.2, 0) is 4.79 Å². The molecular formula is C12H15ClN2O2. The summed E-state index contributed by atoms with van der Waals surface area (Å²) in [6.07, 6.45) is 0.916. The van der Waals surface area contributed by atoms with E-state index in [0.29, 0.717) is 5.02 Å². The van der Waals surface area contributed by atoms with Crippen molar-refractivity contribution in [2.24, 2.45) is 0 Å². The third-order valence-corrected chi connectivity index (χ3v) is 3.36. The van der Waals surface area contributed by atoms with E-state index in [0.717, 1.165) is 36.4 Å². The summed E-state index contributed by atoms with van der Waals surface area (Å²) in [6, 6.07) is 3.70. The van der Waals surface area contributed by atoms with Crippen molar-refractivity contribution in [2.45, 2.75) is 13.3 Å². The summed E-state index contributed by atoms with van der Waals surface area (Å²) in [7, 11) is 0. The number of fused-ring (bicyclic) bond motifs is 1. The Bertz CT molecular complexity index is 448. The highest BCUT2D eigenvalue weighted by Gasteiger charge is 2.19. The van der Waals surface area contributed by atoms with E-state index in [1.807, 2.05) is 24.0 Å². The summed E-state index contributed by atoms with van der Waals surface area (Å²) in [5.74, 6) is -0.814. The Kier molecular flexibility index (Phi) is 3.43. The zero-order chi connectivity index (χ0) is 12.4. The van der Waals surface area contributed by atoms with Gasteiger partial charge in [-0.2, -0.15) is 0 Å². The number of halogens is 1. The molecule has 0 radical (unpaired) electrons. The van der Waals surface area contributed by atoms with Gasteiger partial charge in [0, 0.05) is 18.1 Å². The first-order valence-corrected chi connectivity index (χ1v) is 5.97. The maximum atomic E-state index is 10.9. The van der Waals surface area contributed by atoms with Crippen LogP contribution in [-0.4, -0.2) is 30.7 Å². The molecule has 0 aliphatic carbocycles. The molecule has 17 heavy (non-hydrogen) atoms. The number of nitrogens with zero attached hydrogens (tertiary/aromatic N) is 1. The van der Waals surface area contributed by atoms with Crippen LogP contribution in [0.2, 0.25) is 5.02 Å². The molecule has 0 amide bonds. The molecule has 0 saturated heterocycles. The molecule has 1 aliphatic rings. The van der Waals surface area contributed by atoms with Crippen LogP contribution in [0.3, 0.4) is 0 Å². The summed E-state index contributed by atoms with van der Waals surface area (Å²) in [5, 5.41) is 12.9. The highest BCUT2D eigenvalue weighted by Crippen LogP contribution is 2.35.